The Bertz CT molecular complexity index is 541. The van der Waals surface area contributed by atoms with Gasteiger partial charge in [0.05, 0.1) is 0 Å². The monoisotopic (exact) mass is 363 g/mol. The van der Waals surface area contributed by atoms with Gasteiger partial charge in [-0.05, 0) is 51.4 Å². The van der Waals surface area contributed by atoms with Gasteiger partial charge < -0.3 is 20.4 Å². The number of hydrogen-bond acceptors (Lipinski definition) is 3. The van der Waals surface area contributed by atoms with Gasteiger partial charge in [-0.2, -0.15) is 0 Å². The molecule has 0 unspecified atom stereocenters. The number of likely N-dealkylation sites (N-methyl/N-ethyl adjacent to an activating group) is 1. The van der Waals surface area contributed by atoms with Gasteiger partial charge in [-0.3, -0.25) is 4.99 Å². The summed E-state index contributed by atoms with van der Waals surface area (Å²) in [5, 5.41) is 6.56. The van der Waals surface area contributed by atoms with Crippen molar-refractivity contribution in [2.45, 2.75) is 26.2 Å². The Balaban J connectivity index is 1.63. The topological polar surface area (TPSA) is 42.9 Å². The molecule has 1 aromatic rings. The summed E-state index contributed by atoms with van der Waals surface area (Å²) in [5.74, 6) is 0.684. The Morgan fingerprint density at radius 3 is 2.62 bits per heavy atom. The van der Waals surface area contributed by atoms with E-state index in [9.17, 15) is 4.39 Å². The second-order valence-electron chi connectivity index (χ2n) is 6.88. The van der Waals surface area contributed by atoms with Gasteiger partial charge in [-0.15, -0.1) is 0 Å². The van der Waals surface area contributed by atoms with Crippen molar-refractivity contribution in [2.24, 2.45) is 4.99 Å². The zero-order valence-electron chi connectivity index (χ0n) is 16.3. The zero-order chi connectivity index (χ0) is 18.6. The highest BCUT2D eigenvalue weighted by Gasteiger charge is 2.12. The van der Waals surface area contributed by atoms with Crippen LogP contribution in [0.15, 0.2) is 29.3 Å². The fourth-order valence-electron chi connectivity index (χ4n) is 3.07. The van der Waals surface area contributed by atoms with Crippen LogP contribution in [0.1, 0.15) is 25.3 Å². The van der Waals surface area contributed by atoms with E-state index in [1.807, 2.05) is 12.1 Å². The predicted octanol–water partition coefficient (Wildman–Crippen LogP) is 1.95. The quantitative estimate of drug-likeness (QED) is 0.400. The molecule has 26 heavy (non-hydrogen) atoms. The molecule has 1 aliphatic rings. The van der Waals surface area contributed by atoms with Gasteiger partial charge in [0.15, 0.2) is 5.96 Å². The van der Waals surface area contributed by atoms with Crippen LogP contribution in [-0.4, -0.2) is 75.2 Å². The lowest BCUT2D eigenvalue weighted by Gasteiger charge is -2.32. The number of benzene rings is 1. The van der Waals surface area contributed by atoms with Crippen molar-refractivity contribution in [1.29, 1.82) is 0 Å². The molecule has 5 nitrogen and oxygen atoms in total. The molecule has 0 atom stereocenters. The molecule has 0 aromatic heterocycles. The van der Waals surface area contributed by atoms with E-state index in [-0.39, 0.29) is 5.82 Å². The third-order valence-corrected chi connectivity index (χ3v) is 4.74. The maximum atomic E-state index is 13.6. The molecule has 1 fully saturated rings. The molecule has 0 amide bonds. The summed E-state index contributed by atoms with van der Waals surface area (Å²) in [6.07, 6.45) is 2.93. The second-order valence-corrected chi connectivity index (χ2v) is 6.88. The number of unbranched alkanes of at least 4 members (excludes halogenated alkanes) is 1. The smallest absolute Gasteiger partial charge is 0.191 e. The summed E-state index contributed by atoms with van der Waals surface area (Å²) in [7, 11) is 2.19. The van der Waals surface area contributed by atoms with Crippen LogP contribution in [0, 0.1) is 5.82 Å². The number of guanidine groups is 1. The summed E-state index contributed by atoms with van der Waals surface area (Å²) in [4.78, 5) is 9.56. The minimum atomic E-state index is -0.139. The lowest BCUT2D eigenvalue weighted by molar-refractivity contribution is 0.152. The summed E-state index contributed by atoms with van der Waals surface area (Å²) in [6, 6.07) is 6.94. The molecule has 6 heteroatoms. The summed E-state index contributed by atoms with van der Waals surface area (Å²) < 4.78 is 13.6. The number of piperazine rings is 1. The Morgan fingerprint density at radius 1 is 1.12 bits per heavy atom. The van der Waals surface area contributed by atoms with Gasteiger partial charge in [-0.1, -0.05) is 18.2 Å². The summed E-state index contributed by atoms with van der Waals surface area (Å²) in [5.41, 5.74) is 0.739. The molecular formula is C20H34FN5. The van der Waals surface area contributed by atoms with Crippen molar-refractivity contribution in [2.75, 3.05) is 59.4 Å². The van der Waals surface area contributed by atoms with Crippen LogP contribution < -0.4 is 10.6 Å². The normalized spacial score (nSPS) is 16.7. The van der Waals surface area contributed by atoms with E-state index in [2.05, 4.69) is 39.4 Å². The minimum Gasteiger partial charge on any atom is -0.357 e. The number of aliphatic imine (C=N–C) groups is 1. The molecule has 0 radical (unpaired) electrons. The largest absolute Gasteiger partial charge is 0.357 e. The highest BCUT2D eigenvalue weighted by Crippen LogP contribution is 2.06. The first-order valence-corrected chi connectivity index (χ1v) is 9.85. The number of halogens is 1. The molecule has 0 aliphatic carbocycles. The van der Waals surface area contributed by atoms with Crippen LogP contribution in [-0.2, 0) is 6.42 Å². The van der Waals surface area contributed by atoms with Crippen LogP contribution in [0.25, 0.3) is 0 Å². The summed E-state index contributed by atoms with van der Waals surface area (Å²) >= 11 is 0. The molecule has 1 aromatic carbocycles. The van der Waals surface area contributed by atoms with Gasteiger partial charge in [0, 0.05) is 45.8 Å². The lowest BCUT2D eigenvalue weighted by atomic mass is 10.1. The molecule has 1 aliphatic heterocycles. The van der Waals surface area contributed by atoms with E-state index in [4.69, 9.17) is 0 Å². The number of nitrogens with one attached hydrogen (secondary N) is 2. The predicted molar refractivity (Wildman–Crippen MR) is 107 cm³/mol. The van der Waals surface area contributed by atoms with E-state index in [1.54, 1.807) is 6.07 Å². The van der Waals surface area contributed by atoms with E-state index in [1.165, 1.54) is 45.2 Å². The average molecular weight is 364 g/mol. The molecule has 2 rings (SSSR count). The summed E-state index contributed by atoms with van der Waals surface area (Å²) in [6.45, 7) is 10.3. The van der Waals surface area contributed by atoms with Gasteiger partial charge >= 0.3 is 0 Å². The minimum absolute atomic E-state index is 0.139. The van der Waals surface area contributed by atoms with Gasteiger partial charge in [-0.25, -0.2) is 4.39 Å². The van der Waals surface area contributed by atoms with Crippen molar-refractivity contribution in [3.63, 3.8) is 0 Å². The highest BCUT2D eigenvalue weighted by molar-refractivity contribution is 5.79. The van der Waals surface area contributed by atoms with Crippen LogP contribution in [0.5, 0.6) is 0 Å². The van der Waals surface area contributed by atoms with Crippen LogP contribution in [0.4, 0.5) is 4.39 Å². The van der Waals surface area contributed by atoms with Gasteiger partial charge in [0.25, 0.3) is 0 Å². The Kier molecular flexibility index (Phi) is 9.42. The Morgan fingerprint density at radius 2 is 1.88 bits per heavy atom. The van der Waals surface area contributed by atoms with E-state index in [0.717, 1.165) is 31.0 Å². The van der Waals surface area contributed by atoms with E-state index >= 15 is 0 Å². The van der Waals surface area contributed by atoms with Gasteiger partial charge in [0.1, 0.15) is 5.82 Å². The lowest BCUT2D eigenvalue weighted by Crippen LogP contribution is -2.44. The molecule has 0 saturated carbocycles. The number of nitrogens with zero attached hydrogens (tertiary/aromatic N) is 3. The standard InChI is InChI=1S/C20H34FN5/c1-3-22-20(24-12-10-18-8-4-5-9-19(18)21)23-11-6-7-13-26-16-14-25(2)15-17-26/h4-5,8-9H,3,6-7,10-17H2,1-2H3,(H2,22,23,24). The molecular weight excluding hydrogens is 329 g/mol. The highest BCUT2D eigenvalue weighted by atomic mass is 19.1. The van der Waals surface area contributed by atoms with Crippen molar-refractivity contribution >= 4 is 5.96 Å². The maximum absolute atomic E-state index is 13.6. The SMILES string of the molecule is CCNC(=NCCCCN1CCN(C)CC1)NCCc1ccccc1F. The van der Waals surface area contributed by atoms with E-state index < -0.39 is 0 Å². The fraction of sp³-hybridized carbons (Fsp3) is 0.650. The third kappa shape index (κ3) is 7.70. The molecule has 0 spiro atoms. The zero-order valence-corrected chi connectivity index (χ0v) is 16.3. The Hall–Kier alpha value is -1.66. The van der Waals surface area contributed by atoms with Crippen molar-refractivity contribution in [3.05, 3.63) is 35.6 Å². The number of rotatable bonds is 9. The fourth-order valence-corrected chi connectivity index (χ4v) is 3.07. The van der Waals surface area contributed by atoms with Crippen molar-refractivity contribution in [1.82, 2.24) is 20.4 Å². The Labute approximate surface area is 157 Å². The molecule has 1 heterocycles. The van der Waals surface area contributed by atoms with Crippen LogP contribution in [0.3, 0.4) is 0 Å². The van der Waals surface area contributed by atoms with Crippen LogP contribution >= 0.6 is 0 Å². The molecule has 1 saturated heterocycles. The average Bonchev–Trinajstić information content (AvgIpc) is 2.64. The molecule has 2 N–H and O–H groups in total. The molecule has 146 valence electrons. The first kappa shape index (κ1) is 20.6. The second kappa shape index (κ2) is 11.9. The third-order valence-electron chi connectivity index (χ3n) is 4.74. The van der Waals surface area contributed by atoms with E-state index in [0.29, 0.717) is 13.0 Å². The van der Waals surface area contributed by atoms with Gasteiger partial charge in [0.2, 0.25) is 0 Å². The van der Waals surface area contributed by atoms with Crippen LogP contribution in [0.2, 0.25) is 0 Å². The first-order chi connectivity index (χ1) is 12.7. The van der Waals surface area contributed by atoms with Crippen molar-refractivity contribution < 1.29 is 4.39 Å². The first-order valence-electron chi connectivity index (χ1n) is 9.85. The molecule has 0 bridgehead atoms. The van der Waals surface area contributed by atoms with Crippen molar-refractivity contribution in [3.8, 4) is 0 Å². The number of hydrogen-bond donors (Lipinski definition) is 2. The maximum Gasteiger partial charge on any atom is 0.191 e.